The molecule has 4 rings (SSSR count). The Morgan fingerprint density at radius 3 is 2.17 bits per heavy atom. The van der Waals surface area contributed by atoms with Crippen molar-refractivity contribution in [2.45, 2.75) is 28.5 Å². The molecule has 0 spiro atoms. The summed E-state index contributed by atoms with van der Waals surface area (Å²) in [6.45, 7) is 0.303. The second-order valence-electron chi connectivity index (χ2n) is 8.17. The van der Waals surface area contributed by atoms with Crippen LogP contribution in [0.15, 0.2) is 94.9 Å². The Balaban J connectivity index is 1.45. The molecule has 0 aliphatic heterocycles. The normalized spacial score (nSPS) is 12.0. The minimum absolute atomic E-state index is 0.0304. The van der Waals surface area contributed by atoms with Gasteiger partial charge in [-0.1, -0.05) is 60.7 Å². The molecule has 4 aromatic rings. The van der Waals surface area contributed by atoms with Gasteiger partial charge in [-0.3, -0.25) is 4.79 Å². The first-order valence-electron chi connectivity index (χ1n) is 10.9. The lowest BCUT2D eigenvalue weighted by molar-refractivity contribution is -0.121. The number of carbonyl (C=O) groups excluding carboxylic acids is 1. The van der Waals surface area contributed by atoms with Crippen molar-refractivity contribution in [3.8, 4) is 0 Å². The molecule has 10 heteroatoms. The van der Waals surface area contributed by atoms with Gasteiger partial charge in [-0.2, -0.15) is 0 Å². The zero-order chi connectivity index (χ0) is 25.1. The molecule has 0 saturated heterocycles. The molecule has 0 unspecified atom stereocenters. The maximum Gasteiger partial charge on any atom is 0.239 e. The molecule has 1 amide bonds. The second-order valence-corrected chi connectivity index (χ2v) is 11.7. The van der Waals surface area contributed by atoms with Crippen LogP contribution in [0.3, 0.4) is 0 Å². The van der Waals surface area contributed by atoms with Crippen molar-refractivity contribution in [1.82, 2.24) is 9.88 Å². The standard InChI is InChI=1S/C25H25N3O5S2/c26-35(32,33)21-12-10-19(11-13-21)14-15-27-25(29)17-28-16-24(22-8-4-5-9-23(22)28)34(30,31)18-20-6-2-1-3-7-20/h1-13,16H,14-15,17-18H2,(H,27,29)(H2,26,32,33). The van der Waals surface area contributed by atoms with Gasteiger partial charge in [0.1, 0.15) is 6.54 Å². The smallest absolute Gasteiger partial charge is 0.239 e. The number of sulfonamides is 1. The molecule has 0 bridgehead atoms. The van der Waals surface area contributed by atoms with Crippen molar-refractivity contribution in [2.24, 2.45) is 5.14 Å². The number of fused-ring (bicyclic) bond motifs is 1. The molecule has 35 heavy (non-hydrogen) atoms. The van der Waals surface area contributed by atoms with Crippen LogP contribution in [-0.4, -0.2) is 33.9 Å². The van der Waals surface area contributed by atoms with Gasteiger partial charge in [-0.05, 0) is 35.7 Å². The lowest BCUT2D eigenvalue weighted by Gasteiger charge is -2.08. The molecule has 3 aromatic carbocycles. The van der Waals surface area contributed by atoms with Crippen LogP contribution in [0.1, 0.15) is 11.1 Å². The lowest BCUT2D eigenvalue weighted by Crippen LogP contribution is -2.29. The molecule has 0 aliphatic carbocycles. The average Bonchev–Trinajstić information content (AvgIpc) is 3.19. The topological polar surface area (TPSA) is 128 Å². The van der Waals surface area contributed by atoms with E-state index >= 15 is 0 Å². The first kappa shape index (κ1) is 24.6. The Kier molecular flexibility index (Phi) is 7.06. The van der Waals surface area contributed by atoms with Gasteiger partial charge in [0.15, 0.2) is 9.84 Å². The summed E-state index contributed by atoms with van der Waals surface area (Å²) in [6, 6.07) is 22.2. The molecule has 0 atom stereocenters. The number of rotatable bonds is 9. The number of para-hydroxylation sites is 1. The fourth-order valence-electron chi connectivity index (χ4n) is 3.87. The van der Waals surface area contributed by atoms with Crippen LogP contribution in [-0.2, 0) is 43.4 Å². The Morgan fingerprint density at radius 1 is 0.829 bits per heavy atom. The van der Waals surface area contributed by atoms with Crippen molar-refractivity contribution in [3.05, 3.63) is 96.2 Å². The number of carbonyl (C=O) groups is 1. The van der Waals surface area contributed by atoms with E-state index in [0.717, 1.165) is 5.56 Å². The molecule has 1 aromatic heterocycles. The van der Waals surface area contributed by atoms with E-state index in [0.29, 0.717) is 29.4 Å². The summed E-state index contributed by atoms with van der Waals surface area (Å²) in [5.41, 5.74) is 2.20. The summed E-state index contributed by atoms with van der Waals surface area (Å²) in [6.07, 6.45) is 2.02. The third kappa shape index (κ3) is 5.97. The Hall–Kier alpha value is -3.47. The summed E-state index contributed by atoms with van der Waals surface area (Å²) in [5.74, 6) is -0.392. The molecular weight excluding hydrogens is 486 g/mol. The molecular formula is C25H25N3O5S2. The number of nitrogens with zero attached hydrogens (tertiary/aromatic N) is 1. The van der Waals surface area contributed by atoms with Crippen molar-refractivity contribution in [3.63, 3.8) is 0 Å². The molecule has 182 valence electrons. The monoisotopic (exact) mass is 511 g/mol. The van der Waals surface area contributed by atoms with Gasteiger partial charge < -0.3 is 9.88 Å². The van der Waals surface area contributed by atoms with Crippen LogP contribution >= 0.6 is 0 Å². The van der Waals surface area contributed by atoms with Gasteiger partial charge >= 0.3 is 0 Å². The SMILES string of the molecule is NS(=O)(=O)c1ccc(CCNC(=O)Cn2cc(S(=O)(=O)Cc3ccccc3)c3ccccc32)cc1. The molecule has 0 saturated carbocycles. The van der Waals surface area contributed by atoms with E-state index in [1.807, 2.05) is 6.07 Å². The zero-order valence-corrected chi connectivity index (χ0v) is 20.4. The fourth-order valence-corrected chi connectivity index (χ4v) is 5.96. The highest BCUT2D eigenvalue weighted by atomic mass is 32.2. The van der Waals surface area contributed by atoms with Gasteiger partial charge in [0.05, 0.1) is 15.5 Å². The van der Waals surface area contributed by atoms with Crippen LogP contribution in [0.2, 0.25) is 0 Å². The number of hydrogen-bond donors (Lipinski definition) is 2. The van der Waals surface area contributed by atoms with Crippen molar-refractivity contribution < 1.29 is 21.6 Å². The Bertz CT molecular complexity index is 1560. The predicted octanol–water partition coefficient (Wildman–Crippen LogP) is 2.62. The molecule has 1 heterocycles. The molecule has 3 N–H and O–H groups in total. The molecule has 0 radical (unpaired) electrons. The minimum Gasteiger partial charge on any atom is -0.354 e. The summed E-state index contributed by atoms with van der Waals surface area (Å²) in [5, 5.41) is 8.50. The summed E-state index contributed by atoms with van der Waals surface area (Å²) >= 11 is 0. The van der Waals surface area contributed by atoms with Crippen LogP contribution in [0.4, 0.5) is 0 Å². The van der Waals surface area contributed by atoms with E-state index in [1.54, 1.807) is 65.2 Å². The van der Waals surface area contributed by atoms with Gasteiger partial charge in [0, 0.05) is 23.6 Å². The van der Waals surface area contributed by atoms with Crippen molar-refractivity contribution in [2.75, 3.05) is 6.54 Å². The number of aromatic nitrogens is 1. The predicted molar refractivity (Wildman–Crippen MR) is 134 cm³/mol. The van der Waals surface area contributed by atoms with Crippen LogP contribution < -0.4 is 10.5 Å². The van der Waals surface area contributed by atoms with Gasteiger partial charge in [0.25, 0.3) is 0 Å². The number of amides is 1. The quantitative estimate of drug-likeness (QED) is 0.357. The zero-order valence-electron chi connectivity index (χ0n) is 18.8. The number of hydrogen-bond acceptors (Lipinski definition) is 5. The van der Waals surface area contributed by atoms with Crippen molar-refractivity contribution in [1.29, 1.82) is 0 Å². The average molecular weight is 512 g/mol. The summed E-state index contributed by atoms with van der Waals surface area (Å²) < 4.78 is 50.7. The van der Waals surface area contributed by atoms with Crippen molar-refractivity contribution >= 4 is 36.7 Å². The maximum absolute atomic E-state index is 13.2. The Morgan fingerprint density at radius 2 is 1.49 bits per heavy atom. The largest absolute Gasteiger partial charge is 0.354 e. The number of sulfone groups is 1. The van der Waals surface area contributed by atoms with Crippen LogP contribution in [0.5, 0.6) is 0 Å². The number of primary sulfonamides is 1. The Labute approximate surface area is 204 Å². The second kappa shape index (κ2) is 10.0. The summed E-state index contributed by atoms with van der Waals surface area (Å²) in [4.78, 5) is 12.8. The number of nitrogens with two attached hydrogens (primary N) is 1. The third-order valence-electron chi connectivity index (χ3n) is 5.59. The first-order chi connectivity index (χ1) is 16.6. The minimum atomic E-state index is -3.75. The van der Waals surface area contributed by atoms with E-state index in [-0.39, 0.29) is 28.0 Å². The molecule has 0 aliphatic rings. The highest BCUT2D eigenvalue weighted by Gasteiger charge is 2.22. The molecule has 0 fully saturated rings. The third-order valence-corrected chi connectivity index (χ3v) is 8.23. The van der Waals surface area contributed by atoms with E-state index in [4.69, 9.17) is 5.14 Å². The number of nitrogens with one attached hydrogen (secondary N) is 1. The fraction of sp³-hybridized carbons (Fsp3) is 0.160. The van der Waals surface area contributed by atoms with Crippen LogP contribution in [0, 0.1) is 0 Å². The van der Waals surface area contributed by atoms with Gasteiger partial charge in [-0.15, -0.1) is 0 Å². The highest BCUT2D eigenvalue weighted by molar-refractivity contribution is 7.91. The maximum atomic E-state index is 13.2. The van der Waals surface area contributed by atoms with E-state index < -0.39 is 19.9 Å². The number of benzene rings is 3. The highest BCUT2D eigenvalue weighted by Crippen LogP contribution is 2.28. The molecule has 8 nitrogen and oxygen atoms in total. The van der Waals surface area contributed by atoms with Gasteiger partial charge in [0.2, 0.25) is 15.9 Å². The summed E-state index contributed by atoms with van der Waals surface area (Å²) in [7, 11) is -7.37. The van der Waals surface area contributed by atoms with Crippen LogP contribution in [0.25, 0.3) is 10.9 Å². The first-order valence-corrected chi connectivity index (χ1v) is 14.1. The van der Waals surface area contributed by atoms with Gasteiger partial charge in [-0.25, -0.2) is 22.0 Å². The van der Waals surface area contributed by atoms with E-state index in [1.165, 1.54) is 18.3 Å². The van der Waals surface area contributed by atoms with E-state index in [2.05, 4.69) is 5.32 Å². The lowest BCUT2D eigenvalue weighted by atomic mass is 10.1. The van der Waals surface area contributed by atoms with E-state index in [9.17, 15) is 21.6 Å².